The molecule has 4 heterocycles. The molecule has 12 nitrogen and oxygen atoms in total. The van der Waals surface area contributed by atoms with Crippen LogP contribution in [0.4, 0.5) is 4.39 Å². The summed E-state index contributed by atoms with van der Waals surface area (Å²) in [6.45, 7) is 5.74. The van der Waals surface area contributed by atoms with Crippen molar-refractivity contribution in [2.75, 3.05) is 13.1 Å². The van der Waals surface area contributed by atoms with Crippen LogP contribution in [0.15, 0.2) is 63.3 Å². The molecule has 2 aliphatic heterocycles. The summed E-state index contributed by atoms with van der Waals surface area (Å²) in [6, 6.07) is 2.61. The monoisotopic (exact) mass is 704 g/mol. The molecule has 2 aromatic heterocycles. The van der Waals surface area contributed by atoms with Crippen molar-refractivity contribution >= 4 is 50.7 Å². The fraction of sp³-hybridized carbons (Fsp3) is 0.452. The number of aromatic nitrogens is 3. The highest BCUT2D eigenvalue weighted by atomic mass is 35.5. The number of hydrogen-bond donors (Lipinski definition) is 2. The maximum absolute atomic E-state index is 13.9. The molecule has 0 amide bonds. The van der Waals surface area contributed by atoms with Gasteiger partial charge in [-0.15, -0.1) is 11.3 Å². The molecule has 250 valence electrons. The number of amidine groups is 1. The Morgan fingerprint density at radius 1 is 1.19 bits per heavy atom. The van der Waals surface area contributed by atoms with Gasteiger partial charge < -0.3 is 15.2 Å². The summed E-state index contributed by atoms with van der Waals surface area (Å²) in [5.41, 5.74) is 0.125. The highest BCUT2D eigenvalue weighted by Gasteiger charge is 2.41. The van der Waals surface area contributed by atoms with Gasteiger partial charge in [0.2, 0.25) is 10.0 Å². The van der Waals surface area contributed by atoms with E-state index in [2.05, 4.69) is 20.4 Å². The number of esters is 1. The maximum Gasteiger partial charge on any atom is 0.335 e. The zero-order valence-corrected chi connectivity index (χ0v) is 28.3. The van der Waals surface area contributed by atoms with E-state index in [4.69, 9.17) is 16.3 Å². The normalized spacial score (nSPS) is 22.7. The van der Waals surface area contributed by atoms with Crippen LogP contribution in [0.3, 0.4) is 0 Å². The van der Waals surface area contributed by atoms with Crippen LogP contribution in [-0.4, -0.2) is 69.1 Å². The van der Waals surface area contributed by atoms with E-state index in [-0.39, 0.29) is 52.4 Å². The Morgan fingerprint density at radius 3 is 2.53 bits per heavy atom. The van der Waals surface area contributed by atoms with E-state index in [0.717, 1.165) is 6.07 Å². The van der Waals surface area contributed by atoms with Crippen LogP contribution in [0.1, 0.15) is 69.1 Å². The highest BCUT2D eigenvalue weighted by Crippen LogP contribution is 2.41. The molecule has 47 heavy (non-hydrogen) atoms. The Hall–Kier alpha value is -3.66. The molecule has 3 aliphatic rings. The topological polar surface area (TPSA) is 156 Å². The van der Waals surface area contributed by atoms with Crippen LogP contribution in [-0.2, 0) is 24.3 Å². The molecule has 2 fully saturated rings. The predicted octanol–water partition coefficient (Wildman–Crippen LogP) is 4.96. The molecule has 16 heteroatoms. The summed E-state index contributed by atoms with van der Waals surface area (Å²) in [4.78, 5) is 34.1. The summed E-state index contributed by atoms with van der Waals surface area (Å²) < 4.78 is 49.6. The molecule has 0 spiro atoms. The van der Waals surface area contributed by atoms with Crippen molar-refractivity contribution in [2.24, 2.45) is 16.8 Å². The molecule has 0 bridgehead atoms. The number of ether oxygens (including phenoxy) is 1. The number of carbonyl (C=O) groups is 2. The third-order valence-corrected chi connectivity index (χ3v) is 11.5. The molecule has 6 rings (SSSR count). The van der Waals surface area contributed by atoms with E-state index in [1.54, 1.807) is 16.3 Å². The summed E-state index contributed by atoms with van der Waals surface area (Å²) in [6.07, 6.45) is 6.14. The van der Waals surface area contributed by atoms with Crippen molar-refractivity contribution in [1.82, 2.24) is 24.4 Å². The Bertz CT molecular complexity index is 1860. The van der Waals surface area contributed by atoms with Gasteiger partial charge in [0.15, 0.2) is 10.8 Å². The largest absolute Gasteiger partial charge is 0.478 e. The number of thiazole rings is 1. The van der Waals surface area contributed by atoms with Crippen molar-refractivity contribution in [1.29, 1.82) is 0 Å². The van der Waals surface area contributed by atoms with E-state index in [1.165, 1.54) is 40.2 Å². The lowest BCUT2D eigenvalue weighted by molar-refractivity contribution is -0.164. The number of halogens is 2. The van der Waals surface area contributed by atoms with Crippen LogP contribution in [0.2, 0.25) is 5.02 Å². The molecular formula is C31H34ClFN6O6S2. The van der Waals surface area contributed by atoms with Crippen LogP contribution in [0.5, 0.6) is 0 Å². The number of hydrogen-bond acceptors (Lipinski definition) is 10. The first-order valence-electron chi connectivity index (χ1n) is 15.2. The van der Waals surface area contributed by atoms with Gasteiger partial charge in [0.25, 0.3) is 0 Å². The second-order valence-corrected chi connectivity index (χ2v) is 16.1. The number of allylic oxidation sites excluding steroid dienone is 1. The van der Waals surface area contributed by atoms with Gasteiger partial charge in [-0.2, -0.15) is 9.40 Å². The minimum absolute atomic E-state index is 0.0356. The van der Waals surface area contributed by atoms with E-state index in [1.807, 2.05) is 20.8 Å². The number of carboxylic acid groups (broad SMARTS) is 1. The first kappa shape index (κ1) is 33.2. The SMILES string of the molecule is CC(C)(C)OC(=O)C1CC(n2cc(S(=O)(=O)N3CCC(C4=C(C(=O)O)C(c5ccc(F)cc5Cl)N=C(c5nccs5)N4)CC3)cn2)C1. The Labute approximate surface area is 280 Å². The molecule has 1 aromatic carbocycles. The standard InChI is InChI=1S/C31H34ClFN6O6S2/c1-31(2,3)45-30(42)18-12-20(13-18)39-16-21(15-35-39)47(43,44)38-9-6-17(7-10-38)25-24(29(40)41)26(22-5-4-19(33)14-23(22)32)37-27(36-25)28-34-8-11-46-28/h4-5,8,11,14-18,20,26H,6-7,9-10,12-13H2,1-3H3,(H,36,37)(H,40,41). The smallest absolute Gasteiger partial charge is 0.335 e. The number of aliphatic imine (C=N–C) groups is 1. The number of piperidine rings is 1. The second kappa shape index (κ2) is 12.7. The summed E-state index contributed by atoms with van der Waals surface area (Å²) in [5.74, 6) is -2.27. The van der Waals surface area contributed by atoms with E-state index >= 15 is 0 Å². The number of rotatable bonds is 8. The van der Waals surface area contributed by atoms with Crippen molar-refractivity contribution < 1.29 is 32.2 Å². The fourth-order valence-electron chi connectivity index (χ4n) is 6.09. The molecule has 1 unspecified atom stereocenters. The van der Waals surface area contributed by atoms with Crippen LogP contribution >= 0.6 is 22.9 Å². The summed E-state index contributed by atoms with van der Waals surface area (Å²) >= 11 is 7.71. The molecule has 0 radical (unpaired) electrons. The average Bonchev–Trinajstić information content (AvgIpc) is 3.69. The lowest BCUT2D eigenvalue weighted by Gasteiger charge is -2.36. The van der Waals surface area contributed by atoms with Gasteiger partial charge in [-0.25, -0.2) is 22.6 Å². The van der Waals surface area contributed by atoms with Crippen LogP contribution in [0, 0.1) is 17.7 Å². The first-order chi connectivity index (χ1) is 22.2. The molecule has 2 N–H and O–H groups in total. The maximum atomic E-state index is 13.9. The lowest BCUT2D eigenvalue weighted by atomic mass is 9.80. The first-order valence-corrected chi connectivity index (χ1v) is 17.8. The van der Waals surface area contributed by atoms with Gasteiger partial charge in [0.1, 0.15) is 22.4 Å². The number of aliphatic carboxylic acids is 1. The zero-order valence-electron chi connectivity index (χ0n) is 25.9. The van der Waals surface area contributed by atoms with Crippen LogP contribution in [0.25, 0.3) is 0 Å². The molecule has 1 aliphatic carbocycles. The molecule has 1 atom stereocenters. The number of nitrogens with one attached hydrogen (secondary N) is 1. The average molecular weight is 705 g/mol. The second-order valence-electron chi connectivity index (χ2n) is 12.8. The van der Waals surface area contributed by atoms with Gasteiger partial charge >= 0.3 is 11.9 Å². The predicted molar refractivity (Wildman–Crippen MR) is 172 cm³/mol. The van der Waals surface area contributed by atoms with Crippen molar-refractivity contribution in [2.45, 2.75) is 69.0 Å². The molecular weight excluding hydrogens is 671 g/mol. The van der Waals surface area contributed by atoms with E-state index in [9.17, 15) is 27.5 Å². The van der Waals surface area contributed by atoms with Gasteiger partial charge in [-0.3, -0.25) is 14.5 Å². The molecule has 1 saturated heterocycles. The Kier molecular flexibility index (Phi) is 9.02. The highest BCUT2D eigenvalue weighted by molar-refractivity contribution is 7.89. The van der Waals surface area contributed by atoms with E-state index in [0.29, 0.717) is 47.8 Å². The Balaban J connectivity index is 1.18. The van der Waals surface area contributed by atoms with Gasteiger partial charge in [-0.1, -0.05) is 17.7 Å². The van der Waals surface area contributed by atoms with Crippen molar-refractivity contribution in [3.05, 3.63) is 74.9 Å². The minimum atomic E-state index is -3.89. The van der Waals surface area contributed by atoms with Crippen molar-refractivity contribution in [3.63, 3.8) is 0 Å². The minimum Gasteiger partial charge on any atom is -0.478 e. The third-order valence-electron chi connectivity index (χ3n) is 8.50. The summed E-state index contributed by atoms with van der Waals surface area (Å²) in [7, 11) is -3.89. The number of carbonyl (C=O) groups excluding carboxylic acids is 1. The van der Waals surface area contributed by atoms with E-state index < -0.39 is 33.5 Å². The zero-order chi connectivity index (χ0) is 33.7. The number of carboxylic acids is 1. The third kappa shape index (κ3) is 6.84. The van der Waals surface area contributed by atoms with Gasteiger partial charge in [0.05, 0.1) is 23.7 Å². The number of benzene rings is 1. The molecule has 1 saturated carbocycles. The number of nitrogens with zero attached hydrogens (tertiary/aromatic N) is 5. The molecule has 3 aromatic rings. The Morgan fingerprint density at radius 2 is 1.91 bits per heavy atom. The van der Waals surface area contributed by atoms with Crippen LogP contribution < -0.4 is 5.32 Å². The van der Waals surface area contributed by atoms with Gasteiger partial charge in [0, 0.05) is 53.1 Å². The fourth-order valence-corrected chi connectivity index (χ4v) is 8.36. The van der Waals surface area contributed by atoms with Gasteiger partial charge in [-0.05, 0) is 58.6 Å². The lowest BCUT2D eigenvalue weighted by Crippen LogP contribution is -2.43. The quantitative estimate of drug-likeness (QED) is 0.310. The van der Waals surface area contributed by atoms with Crippen molar-refractivity contribution in [3.8, 4) is 0 Å². The summed E-state index contributed by atoms with van der Waals surface area (Å²) in [5, 5.41) is 20.2. The number of sulfonamides is 1.